The van der Waals surface area contributed by atoms with E-state index in [1.165, 1.54) is 48.8 Å². The third-order valence-corrected chi connectivity index (χ3v) is 14.1. The first-order valence-electron chi connectivity index (χ1n) is 23.8. The van der Waals surface area contributed by atoms with Crippen LogP contribution in [0.4, 0.5) is 4.39 Å². The average molecular weight is 1090 g/mol. The van der Waals surface area contributed by atoms with Crippen molar-refractivity contribution in [1.82, 2.24) is 24.5 Å². The van der Waals surface area contributed by atoms with Crippen LogP contribution in [0.2, 0.25) is 10.0 Å². The summed E-state index contributed by atoms with van der Waals surface area (Å²) in [5, 5.41) is 10.9. The van der Waals surface area contributed by atoms with Crippen LogP contribution in [0.5, 0.6) is 28.9 Å². The SMILES string of the molecule is C=CCOC[C@H](COS(=O)(=O)c1ccc(C)cc1)Oc1c(Cl)c(C)c(-n2c(-c3ccc(F)cc3)cc3ncnc(O[C@H](Cc4cc(O)ccc4OCc4ccnc(-c5ccccc5OC)n4)C(=O)OCC)c32)c(C)c1Cl. The Morgan fingerprint density at radius 1 is 0.882 bits per heavy atom. The van der Waals surface area contributed by atoms with Crippen molar-refractivity contribution in [3.8, 4) is 57.2 Å². The second-order valence-corrected chi connectivity index (χ2v) is 19.5. The second kappa shape index (κ2) is 24.4. The summed E-state index contributed by atoms with van der Waals surface area (Å²) in [6.07, 6.45) is 1.80. The molecule has 3 heterocycles. The lowest BCUT2D eigenvalue weighted by Crippen LogP contribution is -2.32. The zero-order valence-corrected chi connectivity index (χ0v) is 44.3. The third kappa shape index (κ3) is 12.4. The number of fused-ring (bicyclic) bond motifs is 1. The number of methoxy groups -OCH3 is 1. The highest BCUT2D eigenvalue weighted by molar-refractivity contribution is 7.86. The number of aryl methyl sites for hydroxylation is 1. The molecule has 76 heavy (non-hydrogen) atoms. The molecule has 1 N–H and O–H groups in total. The Hall–Kier alpha value is -7.61. The molecule has 0 aliphatic carbocycles. The summed E-state index contributed by atoms with van der Waals surface area (Å²) in [5.74, 6) is -0.0370. The number of para-hydroxylation sites is 1. The fourth-order valence-corrected chi connectivity index (χ4v) is 9.66. The molecule has 0 spiro atoms. The zero-order valence-electron chi connectivity index (χ0n) is 42.0. The molecule has 0 bridgehead atoms. The molecular weight excluding hydrogens is 1040 g/mol. The Bertz CT molecular complexity index is 3480. The van der Waals surface area contributed by atoms with Gasteiger partial charge in [0.2, 0.25) is 12.0 Å². The number of ether oxygens (including phenoxy) is 6. The highest BCUT2D eigenvalue weighted by Gasteiger charge is 2.31. The number of aromatic nitrogens is 5. The molecule has 8 rings (SSSR count). The summed E-state index contributed by atoms with van der Waals surface area (Å²) < 4.78 is 84.4. The summed E-state index contributed by atoms with van der Waals surface area (Å²) in [7, 11) is -2.65. The van der Waals surface area contributed by atoms with Crippen LogP contribution >= 0.6 is 23.2 Å². The molecule has 0 unspecified atom stereocenters. The Labute approximate surface area is 448 Å². The van der Waals surface area contributed by atoms with Gasteiger partial charge in [0.15, 0.2) is 11.6 Å². The molecule has 5 aromatic carbocycles. The van der Waals surface area contributed by atoms with Crippen LogP contribution in [0.1, 0.15) is 34.9 Å². The van der Waals surface area contributed by atoms with Gasteiger partial charge < -0.3 is 38.1 Å². The number of carbonyl (C=O) groups is 1. The quantitative estimate of drug-likeness (QED) is 0.0275. The van der Waals surface area contributed by atoms with Crippen molar-refractivity contribution in [2.45, 2.75) is 57.8 Å². The van der Waals surface area contributed by atoms with Gasteiger partial charge >= 0.3 is 5.97 Å². The van der Waals surface area contributed by atoms with E-state index in [1.54, 1.807) is 81.1 Å². The lowest BCUT2D eigenvalue weighted by atomic mass is 10.1. The predicted molar refractivity (Wildman–Crippen MR) is 285 cm³/mol. The highest BCUT2D eigenvalue weighted by Crippen LogP contribution is 2.46. The fraction of sp³-hybridized carbons (Fsp3) is 0.232. The highest BCUT2D eigenvalue weighted by atomic mass is 35.5. The van der Waals surface area contributed by atoms with Gasteiger partial charge in [-0.3, -0.25) is 4.18 Å². The molecule has 0 saturated carbocycles. The van der Waals surface area contributed by atoms with E-state index in [1.807, 2.05) is 31.2 Å². The van der Waals surface area contributed by atoms with E-state index in [9.17, 15) is 22.7 Å². The van der Waals surface area contributed by atoms with Gasteiger partial charge in [0.25, 0.3) is 10.1 Å². The van der Waals surface area contributed by atoms with Gasteiger partial charge in [0.1, 0.15) is 54.2 Å². The van der Waals surface area contributed by atoms with Gasteiger partial charge in [-0.05, 0) is 123 Å². The minimum Gasteiger partial charge on any atom is -0.508 e. The molecule has 2 atom stereocenters. The first kappa shape index (κ1) is 54.6. The van der Waals surface area contributed by atoms with E-state index < -0.39 is 40.7 Å². The van der Waals surface area contributed by atoms with Crippen molar-refractivity contribution in [2.75, 3.05) is 33.5 Å². The minimum absolute atomic E-state index is 0.00828. The minimum atomic E-state index is -4.22. The molecule has 3 aromatic heterocycles. The van der Waals surface area contributed by atoms with Gasteiger partial charge in [0.05, 0.1) is 70.0 Å². The van der Waals surface area contributed by atoms with Crippen molar-refractivity contribution in [3.05, 3.63) is 172 Å². The molecule has 0 aliphatic rings. The van der Waals surface area contributed by atoms with E-state index >= 15 is 0 Å². The van der Waals surface area contributed by atoms with Gasteiger partial charge in [-0.1, -0.05) is 59.1 Å². The number of carbonyl (C=O) groups excluding carboxylic acids is 1. The molecule has 16 nitrogen and oxygen atoms in total. The number of phenols is 1. The van der Waals surface area contributed by atoms with Crippen LogP contribution in [0.3, 0.4) is 0 Å². The smallest absolute Gasteiger partial charge is 0.347 e. The average Bonchev–Trinajstić information content (AvgIpc) is 3.80. The predicted octanol–water partition coefficient (Wildman–Crippen LogP) is 11.1. The molecular formula is C56H52Cl2FN5O11S. The number of hydrogen-bond donors (Lipinski definition) is 1. The molecule has 0 amide bonds. The van der Waals surface area contributed by atoms with E-state index in [0.29, 0.717) is 67.7 Å². The molecule has 0 aliphatic heterocycles. The van der Waals surface area contributed by atoms with Crippen LogP contribution < -0.4 is 18.9 Å². The summed E-state index contributed by atoms with van der Waals surface area (Å²) in [6.45, 7) is 10.1. The lowest BCUT2D eigenvalue weighted by molar-refractivity contribution is -0.151. The van der Waals surface area contributed by atoms with Crippen LogP contribution in [0.25, 0.3) is 39.4 Å². The first-order chi connectivity index (χ1) is 36.6. The van der Waals surface area contributed by atoms with Crippen molar-refractivity contribution in [1.29, 1.82) is 0 Å². The summed E-state index contributed by atoms with van der Waals surface area (Å²) in [6, 6.07) is 27.3. The van der Waals surface area contributed by atoms with E-state index in [0.717, 1.165) is 5.56 Å². The number of benzene rings is 5. The largest absolute Gasteiger partial charge is 0.508 e. The molecule has 0 fully saturated rings. The zero-order chi connectivity index (χ0) is 54.1. The summed E-state index contributed by atoms with van der Waals surface area (Å²) >= 11 is 14.5. The van der Waals surface area contributed by atoms with Crippen LogP contribution in [-0.4, -0.2) is 89.7 Å². The molecule has 8 aromatic rings. The number of halogens is 3. The first-order valence-corrected chi connectivity index (χ1v) is 25.9. The van der Waals surface area contributed by atoms with Gasteiger partial charge in [0, 0.05) is 18.2 Å². The Morgan fingerprint density at radius 2 is 1.62 bits per heavy atom. The van der Waals surface area contributed by atoms with Crippen LogP contribution in [0, 0.1) is 26.6 Å². The number of rotatable bonds is 23. The standard InChI is InChI=1S/C56H52Cl2FN5O11S/c1-7-25-70-30-41(31-73-76(67,68)42-20-13-33(3)14-21-42)74-53-49(57)34(4)51(35(5)50(53)58)64-45(36-15-17-38(59)18-16-36)28-44-52(64)55(62-32-61-44)75-48(56(66)71-8-2)27-37-26-40(65)19-22-46(37)72-29-39-23-24-60-54(63-39)43-11-9-10-12-47(43)69-6/h7,9-24,26,28,32,41,48,65H,1,8,25,27,29-31H2,2-6H3/t41-,48-/m1/s1. The van der Waals surface area contributed by atoms with E-state index in [2.05, 4.69) is 21.5 Å². The molecule has 394 valence electrons. The molecule has 20 heteroatoms. The van der Waals surface area contributed by atoms with Crippen molar-refractivity contribution >= 4 is 50.3 Å². The maximum Gasteiger partial charge on any atom is 0.347 e. The number of nitrogens with zero attached hydrogens (tertiary/aromatic N) is 5. The van der Waals surface area contributed by atoms with Crippen LogP contribution in [0.15, 0.2) is 133 Å². The normalized spacial score (nSPS) is 12.3. The van der Waals surface area contributed by atoms with Gasteiger partial charge in [-0.25, -0.2) is 24.1 Å². The Balaban J connectivity index is 1.17. The number of phenolic OH excluding ortho intramolecular Hbond substituents is 1. The summed E-state index contributed by atoms with van der Waals surface area (Å²) in [5.41, 5.74) is 5.39. The van der Waals surface area contributed by atoms with Crippen molar-refractivity contribution in [3.63, 3.8) is 0 Å². The molecule has 0 radical (unpaired) electrons. The Morgan fingerprint density at radius 3 is 2.33 bits per heavy atom. The monoisotopic (exact) mass is 1090 g/mol. The topological polar surface area (TPSA) is 193 Å². The lowest BCUT2D eigenvalue weighted by Gasteiger charge is -2.25. The maximum absolute atomic E-state index is 14.5. The molecule has 0 saturated heterocycles. The van der Waals surface area contributed by atoms with Gasteiger partial charge in [-0.2, -0.15) is 13.4 Å². The van der Waals surface area contributed by atoms with E-state index in [-0.39, 0.29) is 70.7 Å². The summed E-state index contributed by atoms with van der Waals surface area (Å²) in [4.78, 5) is 32.3. The fourth-order valence-electron chi connectivity index (χ4n) is 8.22. The number of esters is 1. The van der Waals surface area contributed by atoms with E-state index in [4.69, 9.17) is 60.8 Å². The number of aromatic hydroxyl groups is 1. The second-order valence-electron chi connectivity index (χ2n) is 17.2. The van der Waals surface area contributed by atoms with Gasteiger partial charge in [-0.15, -0.1) is 6.58 Å². The Kier molecular flexibility index (Phi) is 17.5. The van der Waals surface area contributed by atoms with Crippen molar-refractivity contribution < 1.29 is 55.3 Å². The van der Waals surface area contributed by atoms with Crippen LogP contribution in [-0.2, 0) is 41.6 Å². The van der Waals surface area contributed by atoms with Crippen molar-refractivity contribution in [2.24, 2.45) is 0 Å². The third-order valence-electron chi connectivity index (χ3n) is 11.9. The maximum atomic E-state index is 14.5. The number of hydrogen-bond acceptors (Lipinski definition) is 15.